The Hall–Kier alpha value is -0.0800. The van der Waals surface area contributed by atoms with Gasteiger partial charge in [0.15, 0.2) is 0 Å². The molecule has 2 rings (SSSR count). The molecule has 12 heavy (non-hydrogen) atoms. The molecule has 3 atom stereocenters. The summed E-state index contributed by atoms with van der Waals surface area (Å²) in [5.74, 6) is 0.786. The Morgan fingerprint density at radius 3 is 2.25 bits per heavy atom. The molecule has 0 aromatic rings. The zero-order valence-electron chi connectivity index (χ0n) is 8.38. The number of nitrogens with zero attached hydrogens (tertiary/aromatic N) is 1. The van der Waals surface area contributed by atoms with Gasteiger partial charge in [-0.2, -0.15) is 0 Å². The van der Waals surface area contributed by atoms with E-state index in [4.69, 9.17) is 5.73 Å². The van der Waals surface area contributed by atoms with Crippen LogP contribution in [0.4, 0.5) is 0 Å². The van der Waals surface area contributed by atoms with E-state index in [0.29, 0.717) is 11.6 Å². The summed E-state index contributed by atoms with van der Waals surface area (Å²) in [6.45, 7) is 8.15. The third-order valence-corrected chi connectivity index (χ3v) is 3.46. The predicted molar refractivity (Wildman–Crippen MR) is 50.9 cm³/mol. The average molecular weight is 168 g/mol. The van der Waals surface area contributed by atoms with E-state index >= 15 is 0 Å². The first-order valence-electron chi connectivity index (χ1n) is 5.01. The van der Waals surface area contributed by atoms with E-state index in [2.05, 4.69) is 25.7 Å². The van der Waals surface area contributed by atoms with Gasteiger partial charge in [0, 0.05) is 24.2 Å². The summed E-state index contributed by atoms with van der Waals surface area (Å²) in [6, 6.07) is 1.28. The van der Waals surface area contributed by atoms with Crippen LogP contribution in [-0.4, -0.2) is 29.1 Å². The third kappa shape index (κ3) is 1.17. The maximum absolute atomic E-state index is 6.00. The molecule has 1 heterocycles. The van der Waals surface area contributed by atoms with Crippen molar-refractivity contribution in [1.29, 1.82) is 0 Å². The number of fused-ring (bicyclic) bond motifs is 2. The van der Waals surface area contributed by atoms with Crippen molar-refractivity contribution in [2.24, 2.45) is 11.7 Å². The van der Waals surface area contributed by atoms with Gasteiger partial charge >= 0.3 is 0 Å². The zero-order valence-corrected chi connectivity index (χ0v) is 8.38. The van der Waals surface area contributed by atoms with Gasteiger partial charge < -0.3 is 5.73 Å². The Kier molecular flexibility index (Phi) is 1.74. The molecule has 0 amide bonds. The SMILES string of the molecule is CC(C)(C)N1C[C@H]2CC1C[C@@H]2N. The van der Waals surface area contributed by atoms with Crippen LogP contribution in [0.15, 0.2) is 0 Å². The fourth-order valence-electron chi connectivity index (χ4n) is 2.81. The molecule has 0 aromatic heterocycles. The summed E-state index contributed by atoms with van der Waals surface area (Å²) in [5, 5.41) is 0. The Labute approximate surface area is 75.1 Å². The molecule has 1 saturated carbocycles. The molecular formula is C10H20N2. The Balaban J connectivity index is 2.08. The topological polar surface area (TPSA) is 29.3 Å². The summed E-state index contributed by atoms with van der Waals surface area (Å²) in [7, 11) is 0. The lowest BCUT2D eigenvalue weighted by atomic mass is 9.98. The second-order valence-electron chi connectivity index (χ2n) is 5.37. The number of nitrogens with two attached hydrogens (primary N) is 1. The minimum absolute atomic E-state index is 0.347. The van der Waals surface area contributed by atoms with Gasteiger partial charge in [-0.05, 0) is 39.5 Å². The van der Waals surface area contributed by atoms with Crippen LogP contribution in [0.5, 0.6) is 0 Å². The standard InChI is InChI=1S/C10H20N2/c1-10(2,3)12-6-7-4-8(12)5-9(7)11/h7-9H,4-6,11H2,1-3H3/t7-,8?,9+/m1/s1. The summed E-state index contributed by atoms with van der Waals surface area (Å²) < 4.78 is 0. The van der Waals surface area contributed by atoms with Crippen LogP contribution < -0.4 is 5.73 Å². The second kappa shape index (κ2) is 2.46. The fourth-order valence-corrected chi connectivity index (χ4v) is 2.81. The molecule has 2 fully saturated rings. The molecule has 1 unspecified atom stereocenters. The molecule has 2 N–H and O–H groups in total. The van der Waals surface area contributed by atoms with E-state index in [1.165, 1.54) is 19.4 Å². The van der Waals surface area contributed by atoms with Crippen molar-refractivity contribution in [2.45, 2.75) is 51.2 Å². The molecule has 1 saturated heterocycles. The van der Waals surface area contributed by atoms with Gasteiger partial charge in [-0.15, -0.1) is 0 Å². The quantitative estimate of drug-likeness (QED) is 0.589. The van der Waals surface area contributed by atoms with E-state index in [9.17, 15) is 0 Å². The summed E-state index contributed by atoms with van der Waals surface area (Å²) in [4.78, 5) is 2.63. The lowest BCUT2D eigenvalue weighted by molar-refractivity contribution is 0.0912. The van der Waals surface area contributed by atoms with Crippen LogP contribution >= 0.6 is 0 Å². The van der Waals surface area contributed by atoms with Gasteiger partial charge in [0.2, 0.25) is 0 Å². The van der Waals surface area contributed by atoms with E-state index in [1.54, 1.807) is 0 Å². The summed E-state index contributed by atoms with van der Waals surface area (Å²) in [6.07, 6.45) is 2.57. The highest BCUT2D eigenvalue weighted by molar-refractivity contribution is 5.02. The Morgan fingerprint density at radius 2 is 1.92 bits per heavy atom. The van der Waals surface area contributed by atoms with E-state index in [-0.39, 0.29) is 0 Å². The first-order valence-corrected chi connectivity index (χ1v) is 5.01. The van der Waals surface area contributed by atoms with Gasteiger partial charge in [0.05, 0.1) is 0 Å². The van der Waals surface area contributed by atoms with Crippen LogP contribution in [0.3, 0.4) is 0 Å². The Bertz CT molecular complexity index is 181. The van der Waals surface area contributed by atoms with Crippen LogP contribution in [-0.2, 0) is 0 Å². The van der Waals surface area contributed by atoms with E-state index in [1.807, 2.05) is 0 Å². The molecule has 70 valence electrons. The molecular weight excluding hydrogens is 148 g/mol. The first kappa shape index (κ1) is 8.52. The predicted octanol–water partition coefficient (Wildman–Crippen LogP) is 1.21. The van der Waals surface area contributed by atoms with Crippen molar-refractivity contribution in [2.75, 3.05) is 6.54 Å². The number of hydrogen-bond acceptors (Lipinski definition) is 2. The average Bonchev–Trinajstić information content (AvgIpc) is 2.41. The molecule has 2 nitrogen and oxygen atoms in total. The molecule has 2 aliphatic rings. The molecule has 2 heteroatoms. The summed E-state index contributed by atoms with van der Waals surface area (Å²) in [5.41, 5.74) is 6.35. The van der Waals surface area contributed by atoms with E-state index in [0.717, 1.165) is 12.0 Å². The lowest BCUT2D eigenvalue weighted by Crippen LogP contribution is -2.50. The Morgan fingerprint density at radius 1 is 1.25 bits per heavy atom. The number of rotatable bonds is 0. The van der Waals surface area contributed by atoms with Gasteiger partial charge in [0.25, 0.3) is 0 Å². The number of likely N-dealkylation sites (tertiary alicyclic amines) is 1. The molecule has 0 spiro atoms. The van der Waals surface area contributed by atoms with Crippen LogP contribution in [0.2, 0.25) is 0 Å². The molecule has 1 aliphatic heterocycles. The van der Waals surface area contributed by atoms with Crippen molar-refractivity contribution in [3.8, 4) is 0 Å². The molecule has 2 bridgehead atoms. The minimum Gasteiger partial charge on any atom is -0.327 e. The van der Waals surface area contributed by atoms with Gasteiger partial charge in [-0.3, -0.25) is 4.90 Å². The highest BCUT2D eigenvalue weighted by Crippen LogP contribution is 2.40. The normalized spacial score (nSPS) is 42.5. The van der Waals surface area contributed by atoms with Crippen molar-refractivity contribution in [1.82, 2.24) is 4.90 Å². The molecule has 1 aliphatic carbocycles. The maximum Gasteiger partial charge on any atom is 0.0128 e. The number of piperidine rings is 1. The van der Waals surface area contributed by atoms with Crippen molar-refractivity contribution >= 4 is 0 Å². The second-order valence-corrected chi connectivity index (χ2v) is 5.37. The zero-order chi connectivity index (χ0) is 8.93. The third-order valence-electron chi connectivity index (χ3n) is 3.46. The highest BCUT2D eigenvalue weighted by Gasteiger charge is 2.46. The van der Waals surface area contributed by atoms with Crippen molar-refractivity contribution in [3.63, 3.8) is 0 Å². The molecule has 0 aromatic carbocycles. The summed E-state index contributed by atoms with van der Waals surface area (Å²) >= 11 is 0. The maximum atomic E-state index is 6.00. The van der Waals surface area contributed by atoms with Crippen molar-refractivity contribution < 1.29 is 0 Å². The van der Waals surface area contributed by atoms with Crippen LogP contribution in [0.25, 0.3) is 0 Å². The number of hydrogen-bond donors (Lipinski definition) is 1. The highest BCUT2D eigenvalue weighted by atomic mass is 15.3. The molecule has 0 radical (unpaired) electrons. The smallest absolute Gasteiger partial charge is 0.0128 e. The van der Waals surface area contributed by atoms with Crippen molar-refractivity contribution in [3.05, 3.63) is 0 Å². The monoisotopic (exact) mass is 168 g/mol. The first-order chi connectivity index (χ1) is 5.48. The lowest BCUT2D eigenvalue weighted by Gasteiger charge is -2.40. The van der Waals surface area contributed by atoms with Crippen LogP contribution in [0.1, 0.15) is 33.6 Å². The van der Waals surface area contributed by atoms with Gasteiger partial charge in [0.1, 0.15) is 0 Å². The van der Waals surface area contributed by atoms with Gasteiger partial charge in [-0.25, -0.2) is 0 Å². The van der Waals surface area contributed by atoms with E-state index < -0.39 is 0 Å². The fraction of sp³-hybridized carbons (Fsp3) is 1.00. The van der Waals surface area contributed by atoms with Gasteiger partial charge in [-0.1, -0.05) is 0 Å². The van der Waals surface area contributed by atoms with Crippen LogP contribution in [0, 0.1) is 5.92 Å². The largest absolute Gasteiger partial charge is 0.327 e. The minimum atomic E-state index is 0.347.